The third kappa shape index (κ3) is 2.48. The molecule has 8 heteroatoms. The van der Waals surface area contributed by atoms with Crippen LogP contribution in [0.15, 0.2) is 0 Å². The molecule has 1 fully saturated rings. The normalized spacial score (nSPS) is 24.1. The van der Waals surface area contributed by atoms with Crippen molar-refractivity contribution in [2.75, 3.05) is 5.88 Å². The highest BCUT2D eigenvalue weighted by molar-refractivity contribution is 6.26. The molecule has 1 rings (SSSR count). The smallest absolute Gasteiger partial charge is 0.359 e. The molecule has 1 unspecified atom stereocenters. The van der Waals surface area contributed by atoms with E-state index in [0.29, 0.717) is 0 Å². The minimum atomic E-state index is -2.07. The van der Waals surface area contributed by atoms with Gasteiger partial charge >= 0.3 is 23.9 Å². The second-order valence-electron chi connectivity index (χ2n) is 3.11. The molecule has 1 N–H and O–H groups in total. The lowest BCUT2D eigenvalue weighted by atomic mass is 9.97. The summed E-state index contributed by atoms with van der Waals surface area (Å²) in [5, 5.41) is 8.59. The van der Waals surface area contributed by atoms with E-state index in [1.54, 1.807) is 0 Å². The lowest BCUT2D eigenvalue weighted by molar-refractivity contribution is -0.175. The molecule has 0 amide bonds. The summed E-state index contributed by atoms with van der Waals surface area (Å²) in [6.45, 7) is 0. The lowest BCUT2D eigenvalue weighted by Gasteiger charge is -2.21. The number of carboxylic acids is 1. The number of aliphatic carboxylic acids is 1. The van der Waals surface area contributed by atoms with E-state index in [1.165, 1.54) is 0 Å². The second kappa shape index (κ2) is 4.48. The molecule has 7 nitrogen and oxygen atoms in total. The first-order chi connectivity index (χ1) is 7.39. The van der Waals surface area contributed by atoms with E-state index in [0.717, 1.165) is 0 Å². The number of carboxylic acid groups (broad SMARTS) is 1. The SMILES string of the molecule is O=C(O)CC1(OC(=O)CCl)CC(=O)OC1=O. The molecule has 1 atom stereocenters. The van der Waals surface area contributed by atoms with Crippen LogP contribution in [0.1, 0.15) is 12.8 Å². The molecule has 0 aromatic heterocycles. The van der Waals surface area contributed by atoms with Crippen molar-refractivity contribution in [2.24, 2.45) is 0 Å². The van der Waals surface area contributed by atoms with Crippen LogP contribution in [0.5, 0.6) is 0 Å². The van der Waals surface area contributed by atoms with E-state index in [1.807, 2.05) is 0 Å². The third-order valence-electron chi connectivity index (χ3n) is 1.86. The number of cyclic esters (lactones) is 2. The summed E-state index contributed by atoms with van der Waals surface area (Å²) in [6, 6.07) is 0. The van der Waals surface area contributed by atoms with Gasteiger partial charge in [-0.05, 0) is 0 Å². The highest BCUT2D eigenvalue weighted by Gasteiger charge is 2.54. The molecule has 0 radical (unpaired) electrons. The first-order valence-electron chi connectivity index (χ1n) is 4.14. The molecule has 16 heavy (non-hydrogen) atoms. The standard InChI is InChI=1S/C8H7ClO7/c9-3-6(13)16-8(1-4(10)11)2-5(12)15-7(8)14/h1-3H2,(H,10,11). The van der Waals surface area contributed by atoms with Gasteiger partial charge in [0.15, 0.2) is 0 Å². The average Bonchev–Trinajstić information content (AvgIpc) is 2.40. The maximum atomic E-state index is 11.3. The number of carbonyl (C=O) groups excluding carboxylic acids is 3. The predicted octanol–water partition coefficient (Wildman–Crippen LogP) is -0.545. The number of rotatable bonds is 4. The Kier molecular flexibility index (Phi) is 3.48. The monoisotopic (exact) mass is 250 g/mol. The van der Waals surface area contributed by atoms with Gasteiger partial charge in [0.25, 0.3) is 0 Å². The number of esters is 3. The molecule has 0 spiro atoms. The van der Waals surface area contributed by atoms with Gasteiger partial charge in [-0.1, -0.05) is 0 Å². The Bertz CT molecular complexity index is 363. The summed E-state index contributed by atoms with van der Waals surface area (Å²) >= 11 is 5.15. The molecule has 0 bridgehead atoms. The minimum absolute atomic E-state index is 0.553. The predicted molar refractivity (Wildman–Crippen MR) is 47.5 cm³/mol. The van der Waals surface area contributed by atoms with Crippen LogP contribution in [0.2, 0.25) is 0 Å². The Hall–Kier alpha value is -1.63. The zero-order valence-corrected chi connectivity index (χ0v) is 8.65. The quantitative estimate of drug-likeness (QED) is 0.405. The summed E-state index contributed by atoms with van der Waals surface area (Å²) in [6.07, 6.45) is -1.44. The Morgan fingerprint density at radius 3 is 2.50 bits per heavy atom. The number of halogens is 1. The summed E-state index contributed by atoms with van der Waals surface area (Å²) in [5.74, 6) is -5.06. The van der Waals surface area contributed by atoms with Crippen LogP contribution in [-0.4, -0.2) is 40.5 Å². The Balaban J connectivity index is 2.93. The van der Waals surface area contributed by atoms with Crippen molar-refractivity contribution in [1.82, 2.24) is 0 Å². The van der Waals surface area contributed by atoms with Crippen molar-refractivity contribution >= 4 is 35.5 Å². The number of hydrogen-bond acceptors (Lipinski definition) is 6. The van der Waals surface area contributed by atoms with Gasteiger partial charge < -0.3 is 14.6 Å². The maximum absolute atomic E-state index is 11.3. The van der Waals surface area contributed by atoms with Crippen molar-refractivity contribution in [3.05, 3.63) is 0 Å². The van der Waals surface area contributed by atoms with Crippen molar-refractivity contribution in [1.29, 1.82) is 0 Å². The zero-order chi connectivity index (χ0) is 12.3. The summed E-state index contributed by atoms with van der Waals surface area (Å²) in [7, 11) is 0. The molecule has 0 saturated carbocycles. The molecular weight excluding hydrogens is 244 g/mol. The summed E-state index contributed by atoms with van der Waals surface area (Å²) < 4.78 is 8.76. The topological polar surface area (TPSA) is 107 Å². The maximum Gasteiger partial charge on any atom is 0.359 e. The van der Waals surface area contributed by atoms with Gasteiger partial charge in [-0.3, -0.25) is 14.4 Å². The van der Waals surface area contributed by atoms with Crippen LogP contribution in [0.3, 0.4) is 0 Å². The van der Waals surface area contributed by atoms with Crippen molar-refractivity contribution < 1.29 is 33.8 Å². The van der Waals surface area contributed by atoms with Gasteiger partial charge in [-0.15, -0.1) is 11.6 Å². The van der Waals surface area contributed by atoms with E-state index >= 15 is 0 Å². The number of hydrogen-bond donors (Lipinski definition) is 1. The molecule has 1 saturated heterocycles. The van der Waals surface area contributed by atoms with E-state index < -0.39 is 48.2 Å². The second-order valence-corrected chi connectivity index (χ2v) is 3.38. The molecule has 1 aliphatic rings. The fourth-order valence-corrected chi connectivity index (χ4v) is 1.33. The summed E-state index contributed by atoms with van der Waals surface area (Å²) in [4.78, 5) is 43.6. The average molecular weight is 251 g/mol. The molecule has 0 aromatic carbocycles. The van der Waals surface area contributed by atoms with Crippen LogP contribution in [-0.2, 0) is 28.7 Å². The van der Waals surface area contributed by atoms with E-state index in [2.05, 4.69) is 9.47 Å². The van der Waals surface area contributed by atoms with Gasteiger partial charge in [-0.2, -0.15) is 0 Å². The largest absolute Gasteiger partial charge is 0.481 e. The van der Waals surface area contributed by atoms with Gasteiger partial charge in [0.1, 0.15) is 5.88 Å². The highest BCUT2D eigenvalue weighted by atomic mass is 35.5. The Labute approximate surface area is 94.3 Å². The lowest BCUT2D eigenvalue weighted by Crippen LogP contribution is -2.42. The first kappa shape index (κ1) is 12.4. The highest BCUT2D eigenvalue weighted by Crippen LogP contribution is 2.29. The van der Waals surface area contributed by atoms with Gasteiger partial charge in [0.05, 0.1) is 12.8 Å². The van der Waals surface area contributed by atoms with Crippen LogP contribution >= 0.6 is 11.6 Å². The zero-order valence-electron chi connectivity index (χ0n) is 7.90. The van der Waals surface area contributed by atoms with Crippen LogP contribution in [0, 0.1) is 0 Å². The van der Waals surface area contributed by atoms with Crippen molar-refractivity contribution in [3.63, 3.8) is 0 Å². The van der Waals surface area contributed by atoms with Crippen molar-refractivity contribution in [3.8, 4) is 0 Å². The molecule has 88 valence electrons. The fourth-order valence-electron chi connectivity index (χ4n) is 1.28. The molecule has 1 aliphatic heterocycles. The third-order valence-corrected chi connectivity index (χ3v) is 2.08. The minimum Gasteiger partial charge on any atom is -0.481 e. The fraction of sp³-hybridized carbons (Fsp3) is 0.500. The van der Waals surface area contributed by atoms with Crippen molar-refractivity contribution in [2.45, 2.75) is 18.4 Å². The molecule has 0 aromatic rings. The van der Waals surface area contributed by atoms with Gasteiger partial charge in [0.2, 0.25) is 5.60 Å². The molecule has 1 heterocycles. The van der Waals surface area contributed by atoms with E-state index in [-0.39, 0.29) is 0 Å². The van der Waals surface area contributed by atoms with Crippen LogP contribution < -0.4 is 0 Å². The number of alkyl halides is 1. The molecular formula is C8H7ClO7. The Morgan fingerprint density at radius 2 is 2.12 bits per heavy atom. The molecule has 0 aliphatic carbocycles. The van der Waals surface area contributed by atoms with Gasteiger partial charge in [-0.25, -0.2) is 4.79 Å². The summed E-state index contributed by atoms with van der Waals surface area (Å²) in [5.41, 5.74) is -2.07. The number of ether oxygens (including phenoxy) is 2. The van der Waals surface area contributed by atoms with Gasteiger partial charge in [0, 0.05) is 0 Å². The number of carbonyl (C=O) groups is 4. The Morgan fingerprint density at radius 1 is 1.50 bits per heavy atom. The van der Waals surface area contributed by atoms with Crippen LogP contribution in [0.4, 0.5) is 0 Å². The first-order valence-corrected chi connectivity index (χ1v) is 4.68. The van der Waals surface area contributed by atoms with E-state index in [4.69, 9.17) is 16.7 Å². The van der Waals surface area contributed by atoms with E-state index in [9.17, 15) is 19.2 Å². The van der Waals surface area contributed by atoms with Crippen LogP contribution in [0.25, 0.3) is 0 Å².